The summed E-state index contributed by atoms with van der Waals surface area (Å²) < 4.78 is 11.3. The first-order valence-electron chi connectivity index (χ1n) is 11.3. The highest BCUT2D eigenvalue weighted by Gasteiger charge is 2.26. The van der Waals surface area contributed by atoms with Gasteiger partial charge >= 0.3 is 12.2 Å². The summed E-state index contributed by atoms with van der Waals surface area (Å²) in [5.74, 6) is 0.823. The molecule has 0 aliphatic heterocycles. The lowest BCUT2D eigenvalue weighted by Gasteiger charge is -2.27. The number of benzene rings is 2. The minimum absolute atomic E-state index is 0.411. The maximum atomic E-state index is 12.5. The second-order valence-corrected chi connectivity index (χ2v) is 10.5. The Labute approximate surface area is 192 Å². The first-order valence-corrected chi connectivity index (χ1v) is 11.3. The van der Waals surface area contributed by atoms with Gasteiger partial charge in [-0.25, -0.2) is 9.59 Å². The van der Waals surface area contributed by atoms with Crippen molar-refractivity contribution >= 4 is 34.3 Å². The van der Waals surface area contributed by atoms with Gasteiger partial charge in [-0.05, 0) is 64.5 Å². The van der Waals surface area contributed by atoms with E-state index < -0.39 is 23.4 Å². The van der Waals surface area contributed by atoms with Crippen LogP contribution in [-0.4, -0.2) is 23.4 Å². The molecule has 6 heteroatoms. The van der Waals surface area contributed by atoms with Gasteiger partial charge in [-0.15, -0.1) is 0 Å². The molecule has 0 aliphatic carbocycles. The van der Waals surface area contributed by atoms with Gasteiger partial charge in [0.25, 0.3) is 0 Å². The average molecular weight is 443 g/mol. The highest BCUT2D eigenvalue weighted by molar-refractivity contribution is 6.07. The Kier molecular flexibility index (Phi) is 8.16. The van der Waals surface area contributed by atoms with Crippen molar-refractivity contribution in [1.82, 2.24) is 0 Å². The third kappa shape index (κ3) is 7.74. The van der Waals surface area contributed by atoms with E-state index in [1.807, 2.05) is 64.1 Å². The van der Waals surface area contributed by atoms with E-state index in [1.165, 1.54) is 0 Å². The number of rotatable bonds is 8. The van der Waals surface area contributed by atoms with E-state index in [0.717, 1.165) is 23.6 Å². The second-order valence-electron chi connectivity index (χ2n) is 10.5. The fourth-order valence-corrected chi connectivity index (χ4v) is 4.35. The van der Waals surface area contributed by atoms with Crippen LogP contribution in [0.4, 0.5) is 21.0 Å². The van der Waals surface area contributed by atoms with Crippen molar-refractivity contribution in [3.8, 4) is 0 Å². The predicted octanol–water partition coefficient (Wildman–Crippen LogP) is 7.59. The topological polar surface area (TPSA) is 76.7 Å². The molecule has 2 rings (SSSR count). The van der Waals surface area contributed by atoms with E-state index >= 15 is 0 Å². The lowest BCUT2D eigenvalue weighted by molar-refractivity contribution is 0.0321. The molecule has 0 fully saturated rings. The Morgan fingerprint density at radius 3 is 1.38 bits per heavy atom. The number of hydrogen-bond acceptors (Lipinski definition) is 4. The lowest BCUT2D eigenvalue weighted by atomic mass is 9.96. The van der Waals surface area contributed by atoms with E-state index in [2.05, 4.69) is 38.3 Å². The highest BCUT2D eigenvalue weighted by Crippen LogP contribution is 2.31. The maximum absolute atomic E-state index is 12.5. The van der Waals surface area contributed by atoms with Gasteiger partial charge in [-0.2, -0.15) is 0 Å². The van der Waals surface area contributed by atoms with Crippen molar-refractivity contribution in [3.63, 3.8) is 0 Å². The van der Waals surface area contributed by atoms with Crippen LogP contribution >= 0.6 is 0 Å². The summed E-state index contributed by atoms with van der Waals surface area (Å²) in [4.78, 5) is 25.1. The summed E-state index contributed by atoms with van der Waals surface area (Å²) in [7, 11) is 0. The molecule has 0 heterocycles. The van der Waals surface area contributed by atoms with Gasteiger partial charge in [-0.3, -0.25) is 10.6 Å². The number of carbonyl (C=O) groups is 2. The zero-order chi connectivity index (χ0) is 24.1. The molecule has 0 atom stereocenters. The van der Waals surface area contributed by atoms with Crippen molar-refractivity contribution < 1.29 is 19.1 Å². The molecule has 2 aromatic carbocycles. The quantitative estimate of drug-likeness (QED) is 0.441. The molecule has 0 unspecified atom stereocenters. The summed E-state index contributed by atoms with van der Waals surface area (Å²) in [6.45, 7) is 16.0. The largest absolute Gasteiger partial charge is 0.443 e. The SMILES string of the molecule is CC(C)CC(C)(C)OC(=O)Nc1cccc2c(NC(=O)OC(C)(C)CC(C)C)cccc12. The van der Waals surface area contributed by atoms with Crippen molar-refractivity contribution in [2.75, 3.05) is 10.6 Å². The van der Waals surface area contributed by atoms with Crippen LogP contribution in [0.15, 0.2) is 36.4 Å². The number of hydrogen-bond donors (Lipinski definition) is 2. The third-order valence-corrected chi connectivity index (χ3v) is 4.93. The molecule has 0 spiro atoms. The van der Waals surface area contributed by atoms with Gasteiger partial charge in [0.1, 0.15) is 11.2 Å². The molecule has 0 bridgehead atoms. The smallest absolute Gasteiger partial charge is 0.412 e. The Morgan fingerprint density at radius 2 is 1.06 bits per heavy atom. The first-order chi connectivity index (χ1) is 14.8. The summed E-state index contributed by atoms with van der Waals surface area (Å²) in [6.07, 6.45) is 0.520. The molecule has 2 aromatic rings. The molecule has 0 aromatic heterocycles. The molecular formula is C26H38N2O4. The van der Waals surface area contributed by atoms with Crippen molar-refractivity contribution in [3.05, 3.63) is 36.4 Å². The van der Waals surface area contributed by atoms with Gasteiger partial charge in [0.15, 0.2) is 0 Å². The van der Waals surface area contributed by atoms with Crippen LogP contribution in [0, 0.1) is 11.8 Å². The van der Waals surface area contributed by atoms with Gasteiger partial charge in [0, 0.05) is 10.8 Å². The van der Waals surface area contributed by atoms with Crippen LogP contribution in [0.2, 0.25) is 0 Å². The average Bonchev–Trinajstić information content (AvgIpc) is 2.58. The van der Waals surface area contributed by atoms with Crippen LogP contribution < -0.4 is 10.6 Å². The van der Waals surface area contributed by atoms with Crippen LogP contribution in [0.3, 0.4) is 0 Å². The van der Waals surface area contributed by atoms with Gasteiger partial charge in [0.2, 0.25) is 0 Å². The molecule has 2 N–H and O–H groups in total. The fourth-order valence-electron chi connectivity index (χ4n) is 4.35. The molecule has 176 valence electrons. The van der Waals surface area contributed by atoms with Crippen LogP contribution in [0.25, 0.3) is 10.8 Å². The summed E-state index contributed by atoms with van der Waals surface area (Å²) >= 11 is 0. The second kappa shape index (κ2) is 10.2. The normalized spacial score (nSPS) is 12.2. The van der Waals surface area contributed by atoms with Gasteiger partial charge < -0.3 is 9.47 Å². The Balaban J connectivity index is 2.18. The monoisotopic (exact) mass is 442 g/mol. The van der Waals surface area contributed by atoms with Gasteiger partial charge in [0.05, 0.1) is 11.4 Å². The molecule has 0 radical (unpaired) electrons. The minimum Gasteiger partial charge on any atom is -0.443 e. The molecule has 0 aliphatic rings. The number of ether oxygens (including phenoxy) is 2. The number of anilines is 2. The zero-order valence-corrected chi connectivity index (χ0v) is 20.7. The van der Waals surface area contributed by atoms with E-state index in [1.54, 1.807) is 0 Å². The number of carbonyl (C=O) groups excluding carboxylic acids is 2. The van der Waals surface area contributed by atoms with Crippen molar-refractivity contribution in [1.29, 1.82) is 0 Å². The number of nitrogens with one attached hydrogen (secondary N) is 2. The fraction of sp³-hybridized carbons (Fsp3) is 0.538. The Morgan fingerprint density at radius 1 is 0.719 bits per heavy atom. The van der Waals surface area contributed by atoms with E-state index in [9.17, 15) is 9.59 Å². The van der Waals surface area contributed by atoms with Crippen LogP contribution in [0.5, 0.6) is 0 Å². The first kappa shape index (κ1) is 25.5. The van der Waals surface area contributed by atoms with Crippen LogP contribution in [0.1, 0.15) is 68.2 Å². The Hall–Kier alpha value is -2.76. The number of fused-ring (bicyclic) bond motifs is 1. The third-order valence-electron chi connectivity index (χ3n) is 4.93. The molecule has 0 saturated carbocycles. The van der Waals surface area contributed by atoms with E-state index in [4.69, 9.17) is 9.47 Å². The molecule has 2 amide bonds. The van der Waals surface area contributed by atoms with Crippen LogP contribution in [-0.2, 0) is 9.47 Å². The highest BCUT2D eigenvalue weighted by atomic mass is 16.6. The zero-order valence-electron chi connectivity index (χ0n) is 20.7. The van der Waals surface area contributed by atoms with Gasteiger partial charge in [-0.1, -0.05) is 52.0 Å². The lowest BCUT2D eigenvalue weighted by Crippen LogP contribution is -2.32. The molecule has 6 nitrogen and oxygen atoms in total. The number of amides is 2. The van der Waals surface area contributed by atoms with Crippen molar-refractivity contribution in [2.24, 2.45) is 11.8 Å². The molecule has 32 heavy (non-hydrogen) atoms. The summed E-state index contributed by atoms with van der Waals surface area (Å²) in [6, 6.07) is 11.1. The van der Waals surface area contributed by atoms with Crippen molar-refractivity contribution in [2.45, 2.75) is 79.4 Å². The standard InChI is InChI=1S/C26H38N2O4/c1-17(2)15-25(5,6)31-23(29)27-21-13-9-12-20-19(21)11-10-14-22(20)28-24(30)32-26(7,8)16-18(3)4/h9-14,17-18H,15-16H2,1-8H3,(H,27,29)(H,28,30). The molecule has 0 saturated heterocycles. The summed E-state index contributed by atoms with van der Waals surface area (Å²) in [5.41, 5.74) is 0.0968. The predicted molar refractivity (Wildman–Crippen MR) is 131 cm³/mol. The maximum Gasteiger partial charge on any atom is 0.412 e. The van der Waals surface area contributed by atoms with E-state index in [-0.39, 0.29) is 0 Å². The Bertz CT molecular complexity index is 871. The molecular weight excluding hydrogens is 404 g/mol. The summed E-state index contributed by atoms with van der Waals surface area (Å²) in [5, 5.41) is 7.29. The van der Waals surface area contributed by atoms with E-state index in [0.29, 0.717) is 23.2 Å². The minimum atomic E-state index is -0.567.